The summed E-state index contributed by atoms with van der Waals surface area (Å²) in [6, 6.07) is 20.3. The second-order valence-corrected chi connectivity index (χ2v) is 10.9. The van der Waals surface area contributed by atoms with Crippen molar-refractivity contribution in [2.75, 3.05) is 19.8 Å². The van der Waals surface area contributed by atoms with Crippen molar-refractivity contribution in [1.82, 2.24) is 10.2 Å². The number of carbonyl (C=O) groups is 3. The van der Waals surface area contributed by atoms with Crippen molar-refractivity contribution >= 4 is 18.0 Å². The molecule has 2 aliphatic rings. The fourth-order valence-corrected chi connectivity index (χ4v) is 5.99. The highest BCUT2D eigenvalue weighted by Gasteiger charge is 2.55. The van der Waals surface area contributed by atoms with Crippen molar-refractivity contribution in [3.63, 3.8) is 0 Å². The Bertz CT molecular complexity index is 1530. The molecule has 0 aromatic heterocycles. The molecular weight excluding hydrogens is 567 g/mol. The lowest BCUT2D eigenvalue weighted by Crippen LogP contribution is -2.64. The van der Waals surface area contributed by atoms with Gasteiger partial charge in [-0.2, -0.15) is 0 Å². The van der Waals surface area contributed by atoms with E-state index in [0.717, 1.165) is 11.6 Å². The number of amides is 2. The highest BCUT2D eigenvalue weighted by atomic mass is 19.1. The maximum absolute atomic E-state index is 16.4. The lowest BCUT2D eigenvalue weighted by molar-refractivity contribution is -0.137. The lowest BCUT2D eigenvalue weighted by atomic mass is 9.84. The molecule has 230 valence electrons. The van der Waals surface area contributed by atoms with Crippen LogP contribution in [0.15, 0.2) is 85.1 Å². The maximum Gasteiger partial charge on any atom is 0.410 e. The molecule has 1 N–H and O–H groups in total. The largest absolute Gasteiger partial charge is 0.464 e. The predicted octanol–water partition coefficient (Wildman–Crippen LogP) is 5.18. The van der Waals surface area contributed by atoms with Crippen LogP contribution < -0.4 is 10.1 Å². The van der Waals surface area contributed by atoms with E-state index in [2.05, 4.69) is 5.32 Å². The van der Waals surface area contributed by atoms with Crippen molar-refractivity contribution in [3.05, 3.63) is 102 Å². The molecule has 2 heterocycles. The van der Waals surface area contributed by atoms with Crippen LogP contribution in [-0.4, -0.2) is 60.3 Å². The Morgan fingerprint density at radius 1 is 1.05 bits per heavy atom. The maximum atomic E-state index is 16.4. The van der Waals surface area contributed by atoms with Gasteiger partial charge in [-0.25, -0.2) is 14.0 Å². The molecule has 0 radical (unpaired) electrons. The van der Waals surface area contributed by atoms with E-state index < -0.39 is 29.5 Å². The summed E-state index contributed by atoms with van der Waals surface area (Å²) in [7, 11) is 0. The van der Waals surface area contributed by atoms with E-state index >= 15 is 4.39 Å². The summed E-state index contributed by atoms with van der Waals surface area (Å²) >= 11 is 0. The van der Waals surface area contributed by atoms with E-state index in [1.807, 2.05) is 37.3 Å². The minimum atomic E-state index is -0.915. The smallest absolute Gasteiger partial charge is 0.410 e. The van der Waals surface area contributed by atoms with Gasteiger partial charge in [-0.3, -0.25) is 9.69 Å². The standard InChI is InChI=1S/C34H35FN2O7/c1-3-42-31(39)16-17-43-28-15-8-7-13-26(28)27-14-9-12-25(32(27)35)18-29-34(22-41-21-30(38)36-34)19-23(2)37(29)33(40)44-20-24-10-5-4-6-11-24/h4-17,23,29H,3,18-22H2,1-2H3,(H,36,38)/t23-,29?,34?/m1/s1. The molecule has 3 aromatic rings. The van der Waals surface area contributed by atoms with Gasteiger partial charge >= 0.3 is 12.1 Å². The number of nitrogens with one attached hydrogen (secondary N) is 1. The number of carbonyl (C=O) groups excluding carboxylic acids is 3. The van der Waals surface area contributed by atoms with Crippen LogP contribution in [0.25, 0.3) is 11.1 Å². The zero-order valence-corrected chi connectivity index (χ0v) is 24.7. The topological polar surface area (TPSA) is 103 Å². The first-order valence-electron chi connectivity index (χ1n) is 14.6. The van der Waals surface area contributed by atoms with Crippen LogP contribution >= 0.6 is 0 Å². The zero-order chi connectivity index (χ0) is 31.1. The third-order valence-electron chi connectivity index (χ3n) is 7.86. The van der Waals surface area contributed by atoms with Gasteiger partial charge in [0.05, 0.1) is 37.1 Å². The van der Waals surface area contributed by atoms with Crippen molar-refractivity contribution in [2.45, 2.75) is 50.9 Å². The highest BCUT2D eigenvalue weighted by Crippen LogP contribution is 2.40. The second-order valence-electron chi connectivity index (χ2n) is 10.9. The molecule has 2 aliphatic heterocycles. The fraction of sp³-hybridized carbons (Fsp3) is 0.324. The van der Waals surface area contributed by atoms with E-state index in [1.165, 1.54) is 6.26 Å². The quantitative estimate of drug-likeness (QED) is 0.205. The Kier molecular flexibility index (Phi) is 9.59. The number of benzene rings is 3. The van der Waals surface area contributed by atoms with Crippen molar-refractivity contribution in [2.24, 2.45) is 0 Å². The summed E-state index contributed by atoms with van der Waals surface area (Å²) in [6.45, 7) is 4.01. The Labute approximate surface area is 255 Å². The van der Waals surface area contributed by atoms with Crippen LogP contribution in [0.5, 0.6) is 5.75 Å². The average Bonchev–Trinajstić information content (AvgIpc) is 3.27. The number of esters is 1. The number of halogens is 1. The first kappa shape index (κ1) is 30.7. The number of hydrogen-bond acceptors (Lipinski definition) is 7. The van der Waals surface area contributed by atoms with Crippen LogP contribution in [0.1, 0.15) is 31.4 Å². The summed E-state index contributed by atoms with van der Waals surface area (Å²) in [4.78, 5) is 39.4. The van der Waals surface area contributed by atoms with Gasteiger partial charge in [0.15, 0.2) is 0 Å². The van der Waals surface area contributed by atoms with E-state index in [9.17, 15) is 14.4 Å². The second kappa shape index (κ2) is 13.7. The van der Waals surface area contributed by atoms with E-state index in [0.29, 0.717) is 23.3 Å². The van der Waals surface area contributed by atoms with E-state index in [4.69, 9.17) is 18.9 Å². The highest BCUT2D eigenvalue weighted by molar-refractivity contribution is 5.82. The molecule has 1 spiro atoms. The molecule has 0 saturated carbocycles. The van der Waals surface area contributed by atoms with E-state index in [1.54, 1.807) is 54.3 Å². The number of ether oxygens (including phenoxy) is 4. The number of para-hydroxylation sites is 1. The predicted molar refractivity (Wildman–Crippen MR) is 160 cm³/mol. The van der Waals surface area contributed by atoms with Crippen LogP contribution in [0.4, 0.5) is 9.18 Å². The van der Waals surface area contributed by atoms with Crippen molar-refractivity contribution in [1.29, 1.82) is 0 Å². The molecule has 3 aromatic carbocycles. The summed E-state index contributed by atoms with van der Waals surface area (Å²) in [5.41, 5.74) is 1.03. The Morgan fingerprint density at radius 2 is 1.80 bits per heavy atom. The number of hydrogen-bond donors (Lipinski definition) is 1. The van der Waals surface area contributed by atoms with Crippen LogP contribution in [-0.2, 0) is 36.8 Å². The molecule has 0 aliphatic carbocycles. The minimum Gasteiger partial charge on any atom is -0.464 e. The Balaban J connectivity index is 1.44. The average molecular weight is 603 g/mol. The summed E-state index contributed by atoms with van der Waals surface area (Å²) in [5.74, 6) is -0.991. The molecule has 44 heavy (non-hydrogen) atoms. The molecule has 10 heteroatoms. The Hall–Kier alpha value is -4.70. The van der Waals surface area contributed by atoms with Crippen molar-refractivity contribution in [3.8, 4) is 16.9 Å². The zero-order valence-electron chi connectivity index (χ0n) is 24.7. The van der Waals surface area contributed by atoms with Crippen LogP contribution in [0.3, 0.4) is 0 Å². The lowest BCUT2D eigenvalue weighted by Gasteiger charge is -2.41. The number of rotatable bonds is 9. The third-order valence-corrected chi connectivity index (χ3v) is 7.86. The number of nitrogens with zero attached hydrogens (tertiary/aromatic N) is 1. The summed E-state index contributed by atoms with van der Waals surface area (Å²) in [5, 5.41) is 3.07. The molecule has 2 saturated heterocycles. The SMILES string of the molecule is CCOC(=O)C=COc1ccccc1-c1cccc(CC2N(C(=O)OCc3ccccc3)[C@H](C)CC23COCC(=O)N3)c1F. The summed E-state index contributed by atoms with van der Waals surface area (Å²) < 4.78 is 38.3. The molecule has 2 fully saturated rings. The number of likely N-dealkylation sites (tertiary alicyclic amines) is 1. The first-order chi connectivity index (χ1) is 21.3. The van der Waals surface area contributed by atoms with Gasteiger partial charge < -0.3 is 24.3 Å². The number of morpholine rings is 1. The molecule has 0 bridgehead atoms. The van der Waals surface area contributed by atoms with Crippen LogP contribution in [0.2, 0.25) is 0 Å². The van der Waals surface area contributed by atoms with Crippen LogP contribution in [0, 0.1) is 5.82 Å². The molecule has 3 atom stereocenters. The molecule has 9 nitrogen and oxygen atoms in total. The fourth-order valence-electron chi connectivity index (χ4n) is 5.99. The van der Waals surface area contributed by atoms with Gasteiger partial charge in [-0.05, 0) is 43.9 Å². The normalized spacial score (nSPS) is 21.3. The van der Waals surface area contributed by atoms with Gasteiger partial charge in [0.1, 0.15) is 24.8 Å². The van der Waals surface area contributed by atoms with Gasteiger partial charge in [-0.15, -0.1) is 0 Å². The minimum absolute atomic E-state index is 0.0768. The van der Waals surface area contributed by atoms with Crippen molar-refractivity contribution < 1.29 is 37.7 Å². The van der Waals surface area contributed by atoms with E-state index in [-0.39, 0.29) is 50.4 Å². The molecule has 2 amide bonds. The molecule has 5 rings (SSSR count). The first-order valence-corrected chi connectivity index (χ1v) is 14.6. The van der Waals surface area contributed by atoms with Gasteiger partial charge in [-0.1, -0.05) is 66.7 Å². The monoisotopic (exact) mass is 602 g/mol. The van der Waals surface area contributed by atoms with Gasteiger partial charge in [0, 0.05) is 17.2 Å². The van der Waals surface area contributed by atoms with Gasteiger partial charge in [0.25, 0.3) is 0 Å². The molecule has 2 unspecified atom stereocenters. The Morgan fingerprint density at radius 3 is 2.57 bits per heavy atom. The molecular formula is C34H35FN2O7. The van der Waals surface area contributed by atoms with Gasteiger partial charge in [0.2, 0.25) is 5.91 Å². The summed E-state index contributed by atoms with van der Waals surface area (Å²) in [6.07, 6.45) is 2.33. The third kappa shape index (κ3) is 6.75.